The summed E-state index contributed by atoms with van der Waals surface area (Å²) in [7, 11) is 3.24. The third kappa shape index (κ3) is 3.21. The fourth-order valence-corrected chi connectivity index (χ4v) is 3.62. The molecule has 0 atom stereocenters. The number of nitrogens with one attached hydrogen (secondary N) is 1. The summed E-state index contributed by atoms with van der Waals surface area (Å²) >= 11 is 0. The van der Waals surface area contributed by atoms with E-state index in [2.05, 4.69) is 26.1 Å². The zero-order chi connectivity index (χ0) is 17.4. The van der Waals surface area contributed by atoms with Crippen LogP contribution >= 0.6 is 0 Å². The zero-order valence-corrected chi connectivity index (χ0v) is 14.9. The number of carbonyl (C=O) groups excluding carboxylic acids is 3. The molecule has 6 heteroatoms. The van der Waals surface area contributed by atoms with Crippen molar-refractivity contribution < 1.29 is 14.4 Å². The lowest BCUT2D eigenvalue weighted by Gasteiger charge is -2.42. The monoisotopic (exact) mass is 323 g/mol. The van der Waals surface area contributed by atoms with E-state index in [1.165, 1.54) is 4.90 Å². The minimum atomic E-state index is -0.788. The van der Waals surface area contributed by atoms with Gasteiger partial charge >= 0.3 is 6.03 Å². The van der Waals surface area contributed by atoms with Gasteiger partial charge in [-0.05, 0) is 37.0 Å². The number of carbonyl (C=O) groups is 3. The highest BCUT2D eigenvalue weighted by Crippen LogP contribution is 2.45. The van der Waals surface area contributed by atoms with Gasteiger partial charge < -0.3 is 10.2 Å². The van der Waals surface area contributed by atoms with E-state index in [-0.39, 0.29) is 23.8 Å². The number of imide groups is 1. The van der Waals surface area contributed by atoms with Crippen LogP contribution in [0.3, 0.4) is 0 Å². The summed E-state index contributed by atoms with van der Waals surface area (Å²) in [6.45, 7) is 6.56. The van der Waals surface area contributed by atoms with Gasteiger partial charge in [0.2, 0.25) is 5.91 Å². The van der Waals surface area contributed by atoms with Crippen LogP contribution in [-0.4, -0.2) is 53.8 Å². The Kier molecular flexibility index (Phi) is 4.74. The Morgan fingerprint density at radius 2 is 1.87 bits per heavy atom. The lowest BCUT2D eigenvalue weighted by molar-refractivity contribution is -0.138. The molecule has 1 saturated heterocycles. The average Bonchev–Trinajstić information content (AvgIpc) is 2.72. The Hall–Kier alpha value is -1.59. The first-order chi connectivity index (χ1) is 10.6. The summed E-state index contributed by atoms with van der Waals surface area (Å²) in [5, 5.41) is 2.87. The van der Waals surface area contributed by atoms with E-state index in [0.29, 0.717) is 18.8 Å². The van der Waals surface area contributed by atoms with Gasteiger partial charge in [-0.2, -0.15) is 0 Å². The van der Waals surface area contributed by atoms with Crippen molar-refractivity contribution in [2.24, 2.45) is 11.3 Å². The molecule has 0 radical (unpaired) electrons. The standard InChI is InChI=1S/C17H29N3O3/c1-6-16(2,3)12-7-9-17(10-8-12)14(22)20(15(23)18-17)11-13(21)19(4)5/h12H,6-11H2,1-5H3,(H,18,23). The fourth-order valence-electron chi connectivity index (χ4n) is 3.62. The largest absolute Gasteiger partial charge is 0.347 e. The second-order valence-electron chi connectivity index (χ2n) is 7.81. The molecular weight excluding hydrogens is 294 g/mol. The van der Waals surface area contributed by atoms with E-state index in [9.17, 15) is 14.4 Å². The summed E-state index contributed by atoms with van der Waals surface area (Å²) in [5.74, 6) is 0.0945. The summed E-state index contributed by atoms with van der Waals surface area (Å²) in [6.07, 6.45) is 4.30. The van der Waals surface area contributed by atoms with E-state index in [0.717, 1.165) is 24.2 Å². The SMILES string of the molecule is CCC(C)(C)C1CCC2(CC1)NC(=O)N(CC(=O)N(C)C)C2=O. The van der Waals surface area contributed by atoms with Crippen LogP contribution in [0, 0.1) is 11.3 Å². The second-order valence-corrected chi connectivity index (χ2v) is 7.81. The molecule has 0 unspecified atom stereocenters. The first kappa shape index (κ1) is 17.8. The highest BCUT2D eigenvalue weighted by molar-refractivity contribution is 6.09. The molecule has 1 aliphatic carbocycles. The van der Waals surface area contributed by atoms with E-state index < -0.39 is 11.6 Å². The summed E-state index contributed by atoms with van der Waals surface area (Å²) < 4.78 is 0. The number of nitrogens with zero attached hydrogens (tertiary/aromatic N) is 2. The second kappa shape index (κ2) is 6.13. The molecule has 0 aromatic heterocycles. The van der Waals surface area contributed by atoms with Crippen molar-refractivity contribution in [3.05, 3.63) is 0 Å². The minimum absolute atomic E-state index is 0.177. The molecule has 1 saturated carbocycles. The maximum Gasteiger partial charge on any atom is 0.325 e. The maximum atomic E-state index is 12.7. The first-order valence-corrected chi connectivity index (χ1v) is 8.47. The van der Waals surface area contributed by atoms with E-state index in [4.69, 9.17) is 0 Å². The van der Waals surface area contributed by atoms with Crippen LogP contribution in [0.15, 0.2) is 0 Å². The molecule has 2 fully saturated rings. The van der Waals surface area contributed by atoms with Gasteiger partial charge in [0.15, 0.2) is 0 Å². The van der Waals surface area contributed by atoms with Gasteiger partial charge in [-0.25, -0.2) is 4.79 Å². The molecule has 6 nitrogen and oxygen atoms in total. The van der Waals surface area contributed by atoms with Gasteiger partial charge in [0.25, 0.3) is 5.91 Å². The van der Waals surface area contributed by atoms with Crippen LogP contribution in [0.1, 0.15) is 52.9 Å². The summed E-state index contributed by atoms with van der Waals surface area (Å²) in [4.78, 5) is 39.2. The molecule has 0 aromatic rings. The number of likely N-dealkylation sites (N-methyl/N-ethyl adjacent to an activating group) is 1. The van der Waals surface area contributed by atoms with Crippen LogP contribution in [0.5, 0.6) is 0 Å². The van der Waals surface area contributed by atoms with Gasteiger partial charge in [-0.1, -0.05) is 27.2 Å². The Morgan fingerprint density at radius 3 is 2.35 bits per heavy atom. The van der Waals surface area contributed by atoms with Crippen molar-refractivity contribution in [1.82, 2.24) is 15.1 Å². The number of urea groups is 1. The van der Waals surface area contributed by atoms with Gasteiger partial charge in [0, 0.05) is 14.1 Å². The lowest BCUT2D eigenvalue weighted by Crippen LogP contribution is -2.51. The fraction of sp³-hybridized carbons (Fsp3) is 0.824. The van der Waals surface area contributed by atoms with Crippen molar-refractivity contribution in [3.8, 4) is 0 Å². The van der Waals surface area contributed by atoms with Gasteiger partial charge in [-0.3, -0.25) is 14.5 Å². The molecule has 23 heavy (non-hydrogen) atoms. The zero-order valence-electron chi connectivity index (χ0n) is 14.9. The van der Waals surface area contributed by atoms with E-state index >= 15 is 0 Å². The van der Waals surface area contributed by atoms with Gasteiger partial charge in [-0.15, -0.1) is 0 Å². The van der Waals surface area contributed by atoms with Crippen molar-refractivity contribution in [1.29, 1.82) is 0 Å². The molecule has 2 aliphatic rings. The Balaban J connectivity index is 2.07. The Morgan fingerprint density at radius 1 is 1.30 bits per heavy atom. The van der Waals surface area contributed by atoms with Gasteiger partial charge in [0.1, 0.15) is 12.1 Å². The number of rotatable bonds is 4. The maximum absolute atomic E-state index is 12.7. The highest BCUT2D eigenvalue weighted by atomic mass is 16.2. The van der Waals surface area contributed by atoms with Crippen LogP contribution in [-0.2, 0) is 9.59 Å². The predicted molar refractivity (Wildman–Crippen MR) is 87.7 cm³/mol. The van der Waals surface area contributed by atoms with Crippen LogP contribution in [0.2, 0.25) is 0 Å². The molecule has 1 spiro atoms. The third-order valence-electron chi connectivity index (χ3n) is 5.89. The van der Waals surface area contributed by atoms with Gasteiger partial charge in [0.05, 0.1) is 0 Å². The number of hydrogen-bond donors (Lipinski definition) is 1. The molecule has 1 N–H and O–H groups in total. The van der Waals surface area contributed by atoms with Crippen molar-refractivity contribution in [2.45, 2.75) is 58.4 Å². The first-order valence-electron chi connectivity index (χ1n) is 8.47. The topological polar surface area (TPSA) is 69.7 Å². The smallest absolute Gasteiger partial charge is 0.325 e. The quantitative estimate of drug-likeness (QED) is 0.804. The molecular formula is C17H29N3O3. The number of amides is 4. The van der Waals surface area contributed by atoms with Crippen LogP contribution in [0.25, 0.3) is 0 Å². The Labute approximate surface area is 138 Å². The molecule has 0 aromatic carbocycles. The van der Waals surface area contributed by atoms with E-state index in [1.54, 1.807) is 14.1 Å². The predicted octanol–water partition coefficient (Wildman–Crippen LogP) is 1.99. The number of hydrogen-bond acceptors (Lipinski definition) is 3. The Bertz CT molecular complexity index is 505. The van der Waals surface area contributed by atoms with Crippen molar-refractivity contribution >= 4 is 17.8 Å². The van der Waals surface area contributed by atoms with E-state index in [1.807, 2.05) is 0 Å². The molecule has 130 valence electrons. The molecule has 1 aliphatic heterocycles. The molecule has 0 bridgehead atoms. The molecule has 4 amide bonds. The minimum Gasteiger partial charge on any atom is -0.347 e. The average molecular weight is 323 g/mol. The van der Waals surface area contributed by atoms with Crippen molar-refractivity contribution in [2.75, 3.05) is 20.6 Å². The lowest BCUT2D eigenvalue weighted by atomic mass is 9.65. The third-order valence-corrected chi connectivity index (χ3v) is 5.89. The molecule has 2 rings (SSSR count). The normalized spacial score (nSPS) is 28.2. The summed E-state index contributed by atoms with van der Waals surface area (Å²) in [5.41, 5.74) is -0.530. The van der Waals surface area contributed by atoms with Crippen molar-refractivity contribution in [3.63, 3.8) is 0 Å². The molecule has 1 heterocycles. The summed E-state index contributed by atoms with van der Waals surface area (Å²) in [6, 6.07) is -0.432. The highest BCUT2D eigenvalue weighted by Gasteiger charge is 2.53. The van der Waals surface area contributed by atoms with Crippen LogP contribution in [0.4, 0.5) is 4.79 Å². The van der Waals surface area contributed by atoms with Crippen LogP contribution < -0.4 is 5.32 Å².